The number of benzene rings is 2. The highest BCUT2D eigenvalue weighted by atomic mass is 16.5. The molecule has 7 heteroatoms. The summed E-state index contributed by atoms with van der Waals surface area (Å²) in [6, 6.07) is 15.4. The number of rotatable bonds is 6. The van der Waals surface area contributed by atoms with E-state index >= 15 is 0 Å². The zero-order valence-electron chi connectivity index (χ0n) is 18.6. The van der Waals surface area contributed by atoms with Gasteiger partial charge in [-0.15, -0.1) is 0 Å². The second kappa shape index (κ2) is 8.21. The zero-order chi connectivity index (χ0) is 23.2. The normalized spacial score (nSPS) is 21.1. The monoisotopic (exact) mass is 448 g/mol. The Labute approximate surface area is 192 Å². The van der Waals surface area contributed by atoms with E-state index in [2.05, 4.69) is 29.6 Å². The highest BCUT2D eigenvalue weighted by Crippen LogP contribution is 2.45. The van der Waals surface area contributed by atoms with E-state index in [9.17, 15) is 19.5 Å². The van der Waals surface area contributed by atoms with Crippen molar-refractivity contribution in [1.29, 1.82) is 0 Å². The average molecular weight is 449 g/mol. The van der Waals surface area contributed by atoms with Crippen LogP contribution in [0, 0.1) is 5.92 Å². The Morgan fingerprint density at radius 1 is 1.03 bits per heavy atom. The molecule has 7 nitrogen and oxygen atoms in total. The first kappa shape index (κ1) is 21.5. The minimum absolute atomic E-state index is 0.0134. The quantitative estimate of drug-likeness (QED) is 0.701. The number of carboxylic acids is 1. The van der Waals surface area contributed by atoms with E-state index in [1.54, 1.807) is 6.92 Å². The summed E-state index contributed by atoms with van der Waals surface area (Å²) < 4.78 is 5.66. The fourth-order valence-electron chi connectivity index (χ4n) is 5.40. The third-order valence-electron chi connectivity index (χ3n) is 7.34. The Morgan fingerprint density at radius 2 is 1.64 bits per heavy atom. The number of nitrogens with one attached hydrogen (secondary N) is 1. The molecule has 0 spiro atoms. The fourth-order valence-corrected chi connectivity index (χ4v) is 5.40. The van der Waals surface area contributed by atoms with Crippen molar-refractivity contribution in [1.82, 2.24) is 10.2 Å². The third kappa shape index (κ3) is 3.75. The molecule has 0 radical (unpaired) electrons. The van der Waals surface area contributed by atoms with Crippen molar-refractivity contribution in [2.75, 3.05) is 13.2 Å². The fraction of sp³-hybridized carbons (Fsp3) is 0.423. The summed E-state index contributed by atoms with van der Waals surface area (Å²) >= 11 is 0. The average Bonchev–Trinajstić information content (AvgIpc) is 3.47. The van der Waals surface area contributed by atoms with Crippen molar-refractivity contribution in [2.45, 2.75) is 50.1 Å². The van der Waals surface area contributed by atoms with Gasteiger partial charge < -0.3 is 20.1 Å². The van der Waals surface area contributed by atoms with Gasteiger partial charge in [-0.1, -0.05) is 48.5 Å². The lowest BCUT2D eigenvalue weighted by Gasteiger charge is -2.35. The summed E-state index contributed by atoms with van der Waals surface area (Å²) in [7, 11) is 0. The number of alkyl carbamates (subject to hydrolysis) is 1. The first-order valence-corrected chi connectivity index (χ1v) is 11.6. The number of amides is 2. The minimum Gasteiger partial charge on any atom is -0.480 e. The predicted octanol–water partition coefficient (Wildman–Crippen LogP) is 3.77. The molecular formula is C26H28N2O5. The first-order valence-electron chi connectivity index (χ1n) is 11.6. The number of ether oxygens (including phenoxy) is 1. The van der Waals surface area contributed by atoms with Gasteiger partial charge in [0.05, 0.1) is 0 Å². The van der Waals surface area contributed by atoms with Gasteiger partial charge in [-0.2, -0.15) is 0 Å². The lowest BCUT2D eigenvalue weighted by molar-refractivity contribution is -0.151. The van der Waals surface area contributed by atoms with Gasteiger partial charge in [0.1, 0.15) is 18.2 Å². The van der Waals surface area contributed by atoms with Crippen molar-refractivity contribution in [3.8, 4) is 11.1 Å². The zero-order valence-corrected chi connectivity index (χ0v) is 18.6. The van der Waals surface area contributed by atoms with Crippen LogP contribution in [0.5, 0.6) is 0 Å². The molecule has 3 aliphatic rings. The molecule has 0 aromatic heterocycles. The lowest BCUT2D eigenvalue weighted by atomic mass is 9.93. The number of carboxylic acid groups (broad SMARTS) is 1. The highest BCUT2D eigenvalue weighted by Gasteiger charge is 2.52. The summed E-state index contributed by atoms with van der Waals surface area (Å²) in [4.78, 5) is 39.3. The standard InChI is InChI=1S/C26H28N2O5/c1-26(16-12-13-16,24(31)28-14-6-11-22(28)23(29)30)27-25(32)33-15-21-19-9-4-2-7-17(19)18-8-3-5-10-20(18)21/h2-5,7-10,16,21-22H,6,11-15H2,1H3,(H,27,32)(H,29,30)/t22-,26?/m1/s1. The Morgan fingerprint density at radius 3 is 2.21 bits per heavy atom. The minimum atomic E-state index is -1.17. The maximum Gasteiger partial charge on any atom is 0.408 e. The molecule has 1 heterocycles. The second-order valence-electron chi connectivity index (χ2n) is 9.42. The van der Waals surface area contributed by atoms with E-state index < -0.39 is 23.6 Å². The van der Waals surface area contributed by atoms with Crippen molar-refractivity contribution >= 4 is 18.0 Å². The van der Waals surface area contributed by atoms with Gasteiger partial charge in [-0.3, -0.25) is 4.79 Å². The van der Waals surface area contributed by atoms with Crippen molar-refractivity contribution in [3.05, 3.63) is 59.7 Å². The van der Waals surface area contributed by atoms with Crippen LogP contribution in [0.4, 0.5) is 4.79 Å². The first-order chi connectivity index (χ1) is 15.9. The number of fused-ring (bicyclic) bond motifs is 3. The van der Waals surface area contributed by atoms with E-state index in [1.807, 2.05) is 24.3 Å². The summed E-state index contributed by atoms with van der Waals surface area (Å²) in [5.74, 6) is -1.41. The van der Waals surface area contributed by atoms with Crippen LogP contribution < -0.4 is 5.32 Å². The van der Waals surface area contributed by atoms with Gasteiger partial charge in [-0.05, 0) is 60.8 Å². The molecule has 2 fully saturated rings. The smallest absolute Gasteiger partial charge is 0.408 e. The Balaban J connectivity index is 1.30. The van der Waals surface area contributed by atoms with Crippen LogP contribution >= 0.6 is 0 Å². The van der Waals surface area contributed by atoms with E-state index in [4.69, 9.17) is 4.74 Å². The Kier molecular flexibility index (Phi) is 5.35. The number of nitrogens with zero attached hydrogens (tertiary/aromatic N) is 1. The number of likely N-dealkylation sites (tertiary alicyclic amines) is 1. The van der Waals surface area contributed by atoms with E-state index in [0.717, 1.165) is 35.1 Å². The number of hydrogen-bond acceptors (Lipinski definition) is 4. The van der Waals surface area contributed by atoms with E-state index in [-0.39, 0.29) is 24.3 Å². The van der Waals surface area contributed by atoms with Crippen LogP contribution in [0.15, 0.2) is 48.5 Å². The number of carbonyl (C=O) groups is 3. The maximum absolute atomic E-state index is 13.4. The number of hydrogen-bond donors (Lipinski definition) is 2. The molecule has 1 aliphatic heterocycles. The Hall–Kier alpha value is -3.35. The molecule has 2 atom stereocenters. The lowest BCUT2D eigenvalue weighted by Crippen LogP contribution is -2.61. The summed E-state index contributed by atoms with van der Waals surface area (Å²) in [6.07, 6.45) is 2.07. The van der Waals surface area contributed by atoms with E-state index in [0.29, 0.717) is 19.4 Å². The molecule has 33 heavy (non-hydrogen) atoms. The molecule has 2 N–H and O–H groups in total. The molecule has 172 valence electrons. The molecule has 2 amide bonds. The molecule has 1 saturated heterocycles. The molecular weight excluding hydrogens is 420 g/mol. The predicted molar refractivity (Wildman–Crippen MR) is 122 cm³/mol. The van der Waals surface area contributed by atoms with Crippen LogP contribution in [-0.2, 0) is 14.3 Å². The summed E-state index contributed by atoms with van der Waals surface area (Å²) in [5, 5.41) is 12.3. The third-order valence-corrected chi connectivity index (χ3v) is 7.34. The van der Waals surface area contributed by atoms with Crippen LogP contribution in [0.3, 0.4) is 0 Å². The van der Waals surface area contributed by atoms with Crippen LogP contribution in [0.1, 0.15) is 49.7 Å². The molecule has 2 aromatic rings. The van der Waals surface area contributed by atoms with Crippen molar-refractivity contribution in [2.24, 2.45) is 5.92 Å². The number of aliphatic carboxylic acids is 1. The highest BCUT2D eigenvalue weighted by molar-refractivity contribution is 5.93. The topological polar surface area (TPSA) is 95.9 Å². The molecule has 1 saturated carbocycles. The van der Waals surface area contributed by atoms with Gasteiger partial charge in [0.25, 0.3) is 0 Å². The summed E-state index contributed by atoms with van der Waals surface area (Å²) in [6.45, 7) is 2.26. The van der Waals surface area contributed by atoms with Crippen LogP contribution in [0.25, 0.3) is 11.1 Å². The van der Waals surface area contributed by atoms with Crippen LogP contribution in [0.2, 0.25) is 0 Å². The van der Waals surface area contributed by atoms with Crippen LogP contribution in [-0.4, -0.2) is 52.7 Å². The largest absolute Gasteiger partial charge is 0.480 e. The van der Waals surface area contributed by atoms with Gasteiger partial charge in [0, 0.05) is 12.5 Å². The molecule has 1 unspecified atom stereocenters. The van der Waals surface area contributed by atoms with Gasteiger partial charge in [0.15, 0.2) is 0 Å². The van der Waals surface area contributed by atoms with Gasteiger partial charge in [0.2, 0.25) is 5.91 Å². The van der Waals surface area contributed by atoms with E-state index in [1.165, 1.54) is 4.90 Å². The second-order valence-corrected chi connectivity index (χ2v) is 9.42. The van der Waals surface area contributed by atoms with Crippen molar-refractivity contribution < 1.29 is 24.2 Å². The summed E-state index contributed by atoms with van der Waals surface area (Å²) in [5.41, 5.74) is 3.37. The Bertz CT molecular complexity index is 1070. The molecule has 0 bridgehead atoms. The number of carbonyl (C=O) groups excluding carboxylic acids is 2. The molecule has 2 aromatic carbocycles. The van der Waals surface area contributed by atoms with Gasteiger partial charge in [-0.25, -0.2) is 9.59 Å². The molecule has 2 aliphatic carbocycles. The molecule has 5 rings (SSSR count). The van der Waals surface area contributed by atoms with Gasteiger partial charge >= 0.3 is 12.1 Å². The van der Waals surface area contributed by atoms with Crippen molar-refractivity contribution in [3.63, 3.8) is 0 Å². The SMILES string of the molecule is CC(NC(=O)OCC1c2ccccc2-c2ccccc21)(C(=O)N1CCC[C@@H]1C(=O)O)C1CC1. The maximum atomic E-state index is 13.4.